The Labute approximate surface area is 138 Å². The number of halogens is 1. The Balaban J connectivity index is 1.89. The van der Waals surface area contributed by atoms with Crippen LogP contribution < -0.4 is 5.32 Å². The number of rotatable bonds is 2. The minimum atomic E-state index is 0.0313. The Morgan fingerprint density at radius 1 is 1.22 bits per heavy atom. The van der Waals surface area contributed by atoms with Gasteiger partial charge in [-0.15, -0.1) is 0 Å². The van der Waals surface area contributed by atoms with E-state index >= 15 is 0 Å². The van der Waals surface area contributed by atoms with Crippen LogP contribution in [0.1, 0.15) is 5.56 Å². The Morgan fingerprint density at radius 2 is 2.09 bits per heavy atom. The summed E-state index contributed by atoms with van der Waals surface area (Å²) >= 11 is 6.49. The van der Waals surface area contributed by atoms with Crippen molar-refractivity contribution >= 4 is 23.2 Å². The van der Waals surface area contributed by atoms with Crippen molar-refractivity contribution in [2.45, 2.75) is 6.42 Å². The number of fused-ring (bicyclic) bond motifs is 1. The summed E-state index contributed by atoms with van der Waals surface area (Å²) in [6.07, 6.45) is 4.21. The molecule has 2 aromatic carbocycles. The van der Waals surface area contributed by atoms with Gasteiger partial charge in [-0.3, -0.25) is 9.48 Å². The maximum Gasteiger partial charge on any atom is 0.228 e. The van der Waals surface area contributed by atoms with E-state index in [-0.39, 0.29) is 5.91 Å². The number of carbonyl (C=O) groups is 1. The number of hydrogen-bond acceptors (Lipinski definition) is 2. The van der Waals surface area contributed by atoms with Gasteiger partial charge in [-0.25, -0.2) is 0 Å². The molecule has 4 rings (SSSR count). The van der Waals surface area contributed by atoms with Crippen LogP contribution >= 0.6 is 11.6 Å². The zero-order valence-corrected chi connectivity index (χ0v) is 13.3. The Kier molecular flexibility index (Phi) is 3.20. The van der Waals surface area contributed by atoms with Gasteiger partial charge >= 0.3 is 0 Å². The van der Waals surface area contributed by atoms with Crippen molar-refractivity contribution in [3.8, 4) is 22.3 Å². The van der Waals surface area contributed by atoms with Gasteiger partial charge in [0, 0.05) is 35.1 Å². The highest BCUT2D eigenvalue weighted by Crippen LogP contribution is 2.39. The molecule has 1 aliphatic rings. The Morgan fingerprint density at radius 3 is 2.87 bits per heavy atom. The average Bonchev–Trinajstić information content (AvgIpc) is 3.11. The number of aromatic nitrogens is 2. The average molecular weight is 324 g/mol. The van der Waals surface area contributed by atoms with E-state index in [0.717, 1.165) is 33.5 Å². The van der Waals surface area contributed by atoms with Gasteiger partial charge in [0.25, 0.3) is 0 Å². The van der Waals surface area contributed by atoms with Crippen molar-refractivity contribution in [1.29, 1.82) is 0 Å². The lowest BCUT2D eigenvalue weighted by atomic mass is 9.94. The molecule has 0 fully saturated rings. The van der Waals surface area contributed by atoms with E-state index in [4.69, 9.17) is 11.6 Å². The zero-order valence-electron chi connectivity index (χ0n) is 12.5. The third kappa shape index (κ3) is 2.41. The van der Waals surface area contributed by atoms with Gasteiger partial charge in [-0.2, -0.15) is 5.10 Å². The molecular weight excluding hydrogens is 310 g/mol. The maximum atomic E-state index is 11.6. The van der Waals surface area contributed by atoms with Gasteiger partial charge in [0.15, 0.2) is 0 Å². The third-order valence-corrected chi connectivity index (χ3v) is 4.36. The predicted octanol–water partition coefficient (Wildman–Crippen LogP) is 3.90. The van der Waals surface area contributed by atoms with Crippen LogP contribution in [0.3, 0.4) is 0 Å². The van der Waals surface area contributed by atoms with E-state index in [1.807, 2.05) is 55.8 Å². The fourth-order valence-corrected chi connectivity index (χ4v) is 3.29. The third-order valence-electron chi connectivity index (χ3n) is 4.05. The molecule has 0 bridgehead atoms. The Bertz CT molecular complexity index is 930. The lowest BCUT2D eigenvalue weighted by Crippen LogP contribution is -2.03. The first kappa shape index (κ1) is 14.0. The first-order valence-corrected chi connectivity index (χ1v) is 7.70. The first-order chi connectivity index (χ1) is 11.1. The molecule has 114 valence electrons. The smallest absolute Gasteiger partial charge is 0.228 e. The molecule has 1 amide bonds. The highest BCUT2D eigenvalue weighted by Gasteiger charge is 2.19. The van der Waals surface area contributed by atoms with E-state index in [1.54, 1.807) is 4.68 Å². The van der Waals surface area contributed by atoms with Crippen LogP contribution in [0, 0.1) is 0 Å². The second-order valence-corrected chi connectivity index (χ2v) is 6.07. The summed E-state index contributed by atoms with van der Waals surface area (Å²) in [5, 5.41) is 7.78. The number of nitrogens with zero attached hydrogens (tertiary/aromatic N) is 2. The fourth-order valence-electron chi connectivity index (χ4n) is 3.00. The number of amides is 1. The first-order valence-electron chi connectivity index (χ1n) is 7.32. The molecule has 0 atom stereocenters. The molecule has 1 aliphatic heterocycles. The molecule has 3 aromatic rings. The van der Waals surface area contributed by atoms with Gasteiger partial charge in [0.05, 0.1) is 12.6 Å². The summed E-state index contributed by atoms with van der Waals surface area (Å²) in [5.41, 5.74) is 5.90. The molecule has 0 saturated carbocycles. The number of carbonyl (C=O) groups excluding carboxylic acids is 1. The summed E-state index contributed by atoms with van der Waals surface area (Å²) < 4.78 is 1.77. The minimum absolute atomic E-state index is 0.0313. The van der Waals surface area contributed by atoms with Gasteiger partial charge < -0.3 is 5.32 Å². The second kappa shape index (κ2) is 5.25. The van der Waals surface area contributed by atoms with Crippen LogP contribution in [-0.4, -0.2) is 15.7 Å². The van der Waals surface area contributed by atoms with E-state index in [1.165, 1.54) is 0 Å². The summed E-state index contributed by atoms with van der Waals surface area (Å²) in [6, 6.07) is 11.8. The largest absolute Gasteiger partial charge is 0.326 e. The van der Waals surface area contributed by atoms with Crippen molar-refractivity contribution in [3.63, 3.8) is 0 Å². The molecule has 0 unspecified atom stereocenters. The fraction of sp³-hybridized carbons (Fsp3) is 0.111. The summed E-state index contributed by atoms with van der Waals surface area (Å²) in [6.45, 7) is 0. The predicted molar refractivity (Wildman–Crippen MR) is 91.4 cm³/mol. The van der Waals surface area contributed by atoms with Crippen LogP contribution in [0.15, 0.2) is 48.8 Å². The molecule has 0 saturated heterocycles. The van der Waals surface area contributed by atoms with E-state index in [0.29, 0.717) is 11.4 Å². The van der Waals surface area contributed by atoms with Crippen molar-refractivity contribution in [3.05, 3.63) is 59.4 Å². The van der Waals surface area contributed by atoms with E-state index in [2.05, 4.69) is 10.4 Å². The molecule has 1 N–H and O–H groups in total. The molecule has 0 radical (unpaired) electrons. The number of benzene rings is 2. The zero-order chi connectivity index (χ0) is 16.0. The summed E-state index contributed by atoms with van der Waals surface area (Å²) in [4.78, 5) is 11.6. The summed E-state index contributed by atoms with van der Waals surface area (Å²) in [7, 11) is 1.89. The molecule has 2 heterocycles. The highest BCUT2D eigenvalue weighted by molar-refractivity contribution is 6.34. The second-order valence-electron chi connectivity index (χ2n) is 5.66. The van der Waals surface area contributed by atoms with Crippen molar-refractivity contribution in [1.82, 2.24) is 9.78 Å². The van der Waals surface area contributed by atoms with Crippen molar-refractivity contribution in [2.24, 2.45) is 7.05 Å². The Hall–Kier alpha value is -2.59. The molecule has 5 heteroatoms. The molecule has 0 spiro atoms. The van der Waals surface area contributed by atoms with Crippen LogP contribution in [0.5, 0.6) is 0 Å². The van der Waals surface area contributed by atoms with Crippen molar-refractivity contribution in [2.75, 3.05) is 5.32 Å². The van der Waals surface area contributed by atoms with Gasteiger partial charge in [-0.1, -0.05) is 29.8 Å². The van der Waals surface area contributed by atoms with Gasteiger partial charge in [0.2, 0.25) is 5.91 Å². The van der Waals surface area contributed by atoms with E-state index < -0.39 is 0 Å². The van der Waals surface area contributed by atoms with Gasteiger partial charge in [0.1, 0.15) is 0 Å². The number of anilines is 1. The topological polar surface area (TPSA) is 46.9 Å². The van der Waals surface area contributed by atoms with Gasteiger partial charge in [-0.05, 0) is 34.9 Å². The quantitative estimate of drug-likeness (QED) is 0.777. The van der Waals surface area contributed by atoms with Crippen LogP contribution in [0.25, 0.3) is 22.3 Å². The number of nitrogens with one attached hydrogen (secondary N) is 1. The molecular formula is C18H14ClN3O. The highest BCUT2D eigenvalue weighted by atomic mass is 35.5. The minimum Gasteiger partial charge on any atom is -0.326 e. The van der Waals surface area contributed by atoms with Crippen LogP contribution in [0.4, 0.5) is 5.69 Å². The lowest BCUT2D eigenvalue weighted by Gasteiger charge is -2.12. The van der Waals surface area contributed by atoms with Crippen LogP contribution in [0.2, 0.25) is 5.02 Å². The summed E-state index contributed by atoms with van der Waals surface area (Å²) in [5.74, 6) is 0.0313. The van der Waals surface area contributed by atoms with Crippen molar-refractivity contribution < 1.29 is 4.79 Å². The standard InChI is InChI=1S/C18H14ClN3O/c1-22-10-13(9-20-22)14-3-2-4-15(19)18(14)11-5-6-16-12(7-11)8-17(23)21-16/h2-7,9-10H,8H2,1H3,(H,21,23). The van der Waals surface area contributed by atoms with E-state index in [9.17, 15) is 4.79 Å². The molecule has 23 heavy (non-hydrogen) atoms. The SMILES string of the molecule is Cn1cc(-c2cccc(Cl)c2-c2ccc3c(c2)CC(=O)N3)cn1. The molecule has 1 aromatic heterocycles. The monoisotopic (exact) mass is 323 g/mol. The lowest BCUT2D eigenvalue weighted by molar-refractivity contribution is -0.115. The normalized spacial score (nSPS) is 13.0. The van der Waals surface area contributed by atoms with Crippen LogP contribution in [-0.2, 0) is 18.3 Å². The number of aryl methyl sites for hydroxylation is 1. The number of hydrogen-bond donors (Lipinski definition) is 1. The molecule has 4 nitrogen and oxygen atoms in total. The molecule has 0 aliphatic carbocycles. The maximum absolute atomic E-state index is 11.6.